The minimum Gasteiger partial charge on any atom is -0.481 e. The van der Waals surface area contributed by atoms with Gasteiger partial charge >= 0.3 is 5.97 Å². The summed E-state index contributed by atoms with van der Waals surface area (Å²) in [5.41, 5.74) is -0.146. The highest BCUT2D eigenvalue weighted by Gasteiger charge is 2.24. The number of rotatable bonds is 9. The van der Waals surface area contributed by atoms with Crippen LogP contribution < -0.4 is 10.6 Å². The van der Waals surface area contributed by atoms with Gasteiger partial charge in [0.15, 0.2) is 0 Å². The molecular formula is C15H28N2O4. The van der Waals surface area contributed by atoms with Crippen LogP contribution in [0.2, 0.25) is 0 Å². The van der Waals surface area contributed by atoms with E-state index in [-0.39, 0.29) is 29.6 Å². The highest BCUT2D eigenvalue weighted by atomic mass is 16.4. The van der Waals surface area contributed by atoms with Gasteiger partial charge in [0.05, 0.1) is 0 Å². The summed E-state index contributed by atoms with van der Waals surface area (Å²) in [5.74, 6) is -1.23. The predicted molar refractivity (Wildman–Crippen MR) is 80.7 cm³/mol. The van der Waals surface area contributed by atoms with E-state index in [1.807, 2.05) is 27.7 Å². The number of hydrogen-bond acceptors (Lipinski definition) is 3. The maximum absolute atomic E-state index is 12.1. The van der Waals surface area contributed by atoms with Crippen LogP contribution in [0.5, 0.6) is 0 Å². The average molecular weight is 300 g/mol. The lowest BCUT2D eigenvalue weighted by atomic mass is 9.84. The second kappa shape index (κ2) is 8.64. The quantitative estimate of drug-likeness (QED) is 0.602. The monoisotopic (exact) mass is 300 g/mol. The number of carboxylic acid groups (broad SMARTS) is 1. The van der Waals surface area contributed by atoms with Crippen LogP contribution in [0.4, 0.5) is 0 Å². The van der Waals surface area contributed by atoms with Crippen LogP contribution in [0, 0.1) is 11.3 Å². The zero-order chi connectivity index (χ0) is 16.6. The van der Waals surface area contributed by atoms with Crippen LogP contribution in [0.3, 0.4) is 0 Å². The summed E-state index contributed by atoms with van der Waals surface area (Å²) in [4.78, 5) is 33.7. The van der Waals surface area contributed by atoms with Gasteiger partial charge in [-0.3, -0.25) is 14.4 Å². The van der Waals surface area contributed by atoms with Crippen molar-refractivity contribution in [1.82, 2.24) is 10.6 Å². The molecule has 0 aromatic heterocycles. The molecule has 2 amide bonds. The van der Waals surface area contributed by atoms with Gasteiger partial charge in [-0.2, -0.15) is 0 Å². The Hall–Kier alpha value is -1.59. The molecule has 6 nitrogen and oxygen atoms in total. The Morgan fingerprint density at radius 3 is 2.14 bits per heavy atom. The highest BCUT2D eigenvalue weighted by molar-refractivity contribution is 5.86. The van der Waals surface area contributed by atoms with Crippen molar-refractivity contribution in [1.29, 1.82) is 0 Å². The fourth-order valence-corrected chi connectivity index (χ4v) is 1.96. The van der Waals surface area contributed by atoms with E-state index in [1.54, 1.807) is 0 Å². The van der Waals surface area contributed by atoms with Crippen molar-refractivity contribution < 1.29 is 19.5 Å². The molecular weight excluding hydrogens is 272 g/mol. The highest BCUT2D eigenvalue weighted by Crippen LogP contribution is 2.26. The van der Waals surface area contributed by atoms with Crippen LogP contribution in [0.25, 0.3) is 0 Å². The van der Waals surface area contributed by atoms with Gasteiger partial charge in [0, 0.05) is 19.9 Å². The summed E-state index contributed by atoms with van der Waals surface area (Å²) >= 11 is 0. The number of carboxylic acids is 1. The maximum Gasteiger partial charge on any atom is 0.303 e. The summed E-state index contributed by atoms with van der Waals surface area (Å²) < 4.78 is 0. The Bertz CT molecular complexity index is 378. The Morgan fingerprint density at radius 2 is 1.71 bits per heavy atom. The van der Waals surface area contributed by atoms with Crippen LogP contribution in [-0.4, -0.2) is 35.5 Å². The van der Waals surface area contributed by atoms with Crippen molar-refractivity contribution in [3.63, 3.8) is 0 Å². The fourth-order valence-electron chi connectivity index (χ4n) is 1.96. The SMILES string of the molecule is CC(=O)NC(C(=O)NCCC(C)(C)CCC(=O)O)C(C)C. The van der Waals surface area contributed by atoms with Crippen molar-refractivity contribution in [2.45, 2.75) is 59.9 Å². The second-order valence-electron chi connectivity index (χ2n) is 6.52. The summed E-state index contributed by atoms with van der Waals surface area (Å²) in [7, 11) is 0. The predicted octanol–water partition coefficient (Wildman–Crippen LogP) is 1.54. The van der Waals surface area contributed by atoms with Crippen LogP contribution >= 0.6 is 0 Å². The van der Waals surface area contributed by atoms with E-state index in [0.29, 0.717) is 19.4 Å². The molecule has 3 N–H and O–H groups in total. The maximum atomic E-state index is 12.1. The third-order valence-electron chi connectivity index (χ3n) is 3.42. The van der Waals surface area contributed by atoms with E-state index >= 15 is 0 Å². The first-order chi connectivity index (χ1) is 9.55. The molecule has 0 spiro atoms. The van der Waals surface area contributed by atoms with Gasteiger partial charge in [0.1, 0.15) is 6.04 Å². The molecule has 0 radical (unpaired) electrons. The van der Waals surface area contributed by atoms with Gasteiger partial charge in [-0.25, -0.2) is 0 Å². The molecule has 6 heteroatoms. The zero-order valence-corrected chi connectivity index (χ0v) is 13.7. The molecule has 0 aliphatic heterocycles. The topological polar surface area (TPSA) is 95.5 Å². The number of carbonyl (C=O) groups excluding carboxylic acids is 2. The standard InChI is InChI=1S/C15H28N2O4/c1-10(2)13(17-11(3)18)14(21)16-9-8-15(4,5)7-6-12(19)20/h10,13H,6-9H2,1-5H3,(H,16,21)(H,17,18)(H,19,20). The first-order valence-electron chi connectivity index (χ1n) is 7.32. The molecule has 1 unspecified atom stereocenters. The zero-order valence-electron chi connectivity index (χ0n) is 13.7. The van der Waals surface area contributed by atoms with E-state index in [1.165, 1.54) is 6.92 Å². The van der Waals surface area contributed by atoms with Gasteiger partial charge in [-0.05, 0) is 24.2 Å². The molecule has 0 fully saturated rings. The minimum absolute atomic E-state index is 0.00826. The smallest absolute Gasteiger partial charge is 0.303 e. The normalized spacial score (nSPS) is 12.9. The molecule has 0 heterocycles. The van der Waals surface area contributed by atoms with Crippen molar-refractivity contribution in [3.05, 3.63) is 0 Å². The van der Waals surface area contributed by atoms with Crippen LogP contribution in [0.1, 0.15) is 53.9 Å². The molecule has 0 saturated heterocycles. The lowest BCUT2D eigenvalue weighted by Crippen LogP contribution is -2.49. The van der Waals surface area contributed by atoms with Crippen molar-refractivity contribution >= 4 is 17.8 Å². The third kappa shape index (κ3) is 9.05. The van der Waals surface area contributed by atoms with Gasteiger partial charge < -0.3 is 15.7 Å². The molecule has 21 heavy (non-hydrogen) atoms. The Balaban J connectivity index is 4.27. The third-order valence-corrected chi connectivity index (χ3v) is 3.42. The molecule has 0 aromatic rings. The molecule has 0 rings (SSSR count). The first-order valence-corrected chi connectivity index (χ1v) is 7.32. The molecule has 0 aliphatic carbocycles. The molecule has 122 valence electrons. The number of carbonyl (C=O) groups is 3. The van der Waals surface area contributed by atoms with E-state index in [9.17, 15) is 14.4 Å². The molecule has 1 atom stereocenters. The number of aliphatic carboxylic acids is 1. The first kappa shape index (κ1) is 19.4. The minimum atomic E-state index is -0.808. The van der Waals surface area contributed by atoms with E-state index < -0.39 is 12.0 Å². The van der Waals surface area contributed by atoms with Gasteiger partial charge in [-0.15, -0.1) is 0 Å². The summed E-state index contributed by atoms with van der Waals surface area (Å²) in [6.07, 6.45) is 1.38. The van der Waals surface area contributed by atoms with Crippen LogP contribution in [0.15, 0.2) is 0 Å². The summed E-state index contributed by atoms with van der Waals surface area (Å²) in [6, 6.07) is -0.537. The molecule has 0 aliphatic rings. The lowest BCUT2D eigenvalue weighted by Gasteiger charge is -2.25. The number of hydrogen-bond donors (Lipinski definition) is 3. The largest absolute Gasteiger partial charge is 0.481 e. The van der Waals surface area contributed by atoms with Crippen molar-refractivity contribution in [3.8, 4) is 0 Å². The fraction of sp³-hybridized carbons (Fsp3) is 0.800. The average Bonchev–Trinajstić information content (AvgIpc) is 2.32. The Kier molecular flexibility index (Phi) is 7.99. The van der Waals surface area contributed by atoms with E-state index in [2.05, 4.69) is 10.6 Å². The lowest BCUT2D eigenvalue weighted by molar-refractivity contribution is -0.137. The second-order valence-corrected chi connectivity index (χ2v) is 6.52. The molecule has 0 bridgehead atoms. The van der Waals surface area contributed by atoms with Gasteiger partial charge in [0.2, 0.25) is 11.8 Å². The Morgan fingerprint density at radius 1 is 1.14 bits per heavy atom. The van der Waals surface area contributed by atoms with Gasteiger partial charge in [-0.1, -0.05) is 27.7 Å². The molecule has 0 aromatic carbocycles. The summed E-state index contributed by atoms with van der Waals surface area (Å²) in [6.45, 7) is 9.56. The Labute approximate surface area is 126 Å². The summed E-state index contributed by atoms with van der Waals surface area (Å²) in [5, 5.41) is 14.1. The van der Waals surface area contributed by atoms with E-state index in [4.69, 9.17) is 5.11 Å². The van der Waals surface area contributed by atoms with Crippen molar-refractivity contribution in [2.24, 2.45) is 11.3 Å². The van der Waals surface area contributed by atoms with Crippen molar-refractivity contribution in [2.75, 3.05) is 6.54 Å². The molecule has 0 saturated carbocycles. The van der Waals surface area contributed by atoms with E-state index in [0.717, 1.165) is 0 Å². The number of amides is 2. The van der Waals surface area contributed by atoms with Gasteiger partial charge in [0.25, 0.3) is 0 Å². The number of nitrogens with one attached hydrogen (secondary N) is 2. The van der Waals surface area contributed by atoms with Crippen LogP contribution in [-0.2, 0) is 14.4 Å².